The van der Waals surface area contributed by atoms with E-state index in [9.17, 15) is 9.90 Å². The zero-order chi connectivity index (χ0) is 14.9. The summed E-state index contributed by atoms with van der Waals surface area (Å²) in [7, 11) is 0. The van der Waals surface area contributed by atoms with E-state index in [0.29, 0.717) is 12.1 Å². The quantitative estimate of drug-likeness (QED) is 0.913. The molecule has 2 aromatic rings. The molecule has 1 aliphatic rings. The van der Waals surface area contributed by atoms with Crippen LogP contribution in [0.4, 0.5) is 0 Å². The van der Waals surface area contributed by atoms with E-state index in [2.05, 4.69) is 10.3 Å². The molecule has 0 aliphatic heterocycles. The van der Waals surface area contributed by atoms with Crippen LogP contribution in [-0.4, -0.2) is 28.1 Å². The first-order valence-corrected chi connectivity index (χ1v) is 7.97. The van der Waals surface area contributed by atoms with Crippen molar-refractivity contribution in [1.82, 2.24) is 10.3 Å². The minimum Gasteiger partial charge on any atom is -0.388 e. The number of thiazole rings is 1. The minimum atomic E-state index is -0.695. The van der Waals surface area contributed by atoms with Crippen molar-refractivity contribution in [2.45, 2.75) is 31.8 Å². The Bertz CT molecular complexity index is 662. The van der Waals surface area contributed by atoms with E-state index in [1.165, 1.54) is 0 Å². The Morgan fingerprint density at radius 2 is 2.29 bits per heavy atom. The predicted octanol–water partition coefficient (Wildman–Crippen LogP) is 2.76. The van der Waals surface area contributed by atoms with Gasteiger partial charge in [-0.1, -0.05) is 12.1 Å². The molecular weight excluding hydrogens is 284 g/mol. The van der Waals surface area contributed by atoms with Gasteiger partial charge < -0.3 is 10.4 Å². The zero-order valence-electron chi connectivity index (χ0n) is 11.9. The van der Waals surface area contributed by atoms with Gasteiger partial charge >= 0.3 is 0 Å². The van der Waals surface area contributed by atoms with Crippen molar-refractivity contribution in [2.75, 3.05) is 6.54 Å². The lowest BCUT2D eigenvalue weighted by Crippen LogP contribution is -2.47. The van der Waals surface area contributed by atoms with Crippen molar-refractivity contribution < 1.29 is 9.90 Å². The van der Waals surface area contributed by atoms with E-state index in [0.717, 1.165) is 35.5 Å². The summed E-state index contributed by atoms with van der Waals surface area (Å²) >= 11 is 1.59. The van der Waals surface area contributed by atoms with E-state index < -0.39 is 5.60 Å². The van der Waals surface area contributed by atoms with Crippen LogP contribution in [0.25, 0.3) is 11.3 Å². The second-order valence-corrected chi connectivity index (χ2v) is 6.66. The largest absolute Gasteiger partial charge is 0.388 e. The van der Waals surface area contributed by atoms with Gasteiger partial charge in [0.2, 0.25) is 0 Å². The SMILES string of the molecule is Cc1nc(-c2cccc(C(=O)NCC3(O)CCC3)c2)cs1. The smallest absolute Gasteiger partial charge is 0.251 e. The van der Waals surface area contributed by atoms with Crippen molar-refractivity contribution in [3.8, 4) is 11.3 Å². The van der Waals surface area contributed by atoms with Crippen molar-refractivity contribution in [1.29, 1.82) is 0 Å². The molecule has 1 amide bonds. The molecule has 0 radical (unpaired) electrons. The highest BCUT2D eigenvalue weighted by Crippen LogP contribution is 2.30. The van der Waals surface area contributed by atoms with E-state index >= 15 is 0 Å². The number of aromatic nitrogens is 1. The minimum absolute atomic E-state index is 0.149. The molecule has 0 bridgehead atoms. The van der Waals surface area contributed by atoms with Crippen LogP contribution in [0.15, 0.2) is 29.6 Å². The summed E-state index contributed by atoms with van der Waals surface area (Å²) < 4.78 is 0. The Hall–Kier alpha value is -1.72. The Morgan fingerprint density at radius 3 is 2.90 bits per heavy atom. The van der Waals surface area contributed by atoms with Crippen LogP contribution in [0, 0.1) is 6.92 Å². The third-order valence-corrected chi connectivity index (χ3v) is 4.68. The van der Waals surface area contributed by atoms with E-state index in [1.807, 2.05) is 30.5 Å². The Balaban J connectivity index is 1.71. The number of benzene rings is 1. The van der Waals surface area contributed by atoms with Gasteiger partial charge in [0.15, 0.2) is 0 Å². The maximum atomic E-state index is 12.2. The van der Waals surface area contributed by atoms with E-state index in [4.69, 9.17) is 0 Å². The fraction of sp³-hybridized carbons (Fsp3) is 0.375. The standard InChI is InChI=1S/C16H18N2O2S/c1-11-18-14(9-21-11)12-4-2-5-13(8-12)15(19)17-10-16(20)6-3-7-16/h2,4-5,8-9,20H,3,6-7,10H2,1H3,(H,17,19). The summed E-state index contributed by atoms with van der Waals surface area (Å²) in [6, 6.07) is 7.43. The molecule has 3 rings (SSSR count). The zero-order valence-corrected chi connectivity index (χ0v) is 12.7. The molecule has 1 aromatic heterocycles. The molecule has 1 aromatic carbocycles. The van der Waals surface area contributed by atoms with Crippen LogP contribution in [0.5, 0.6) is 0 Å². The Labute approximate surface area is 127 Å². The fourth-order valence-corrected chi connectivity index (χ4v) is 3.05. The first-order valence-electron chi connectivity index (χ1n) is 7.09. The second-order valence-electron chi connectivity index (χ2n) is 5.59. The summed E-state index contributed by atoms with van der Waals surface area (Å²) in [6.45, 7) is 2.29. The average molecular weight is 302 g/mol. The Kier molecular flexibility index (Phi) is 3.78. The topological polar surface area (TPSA) is 62.2 Å². The molecule has 0 saturated heterocycles. The van der Waals surface area contributed by atoms with Gasteiger partial charge in [0.05, 0.1) is 16.3 Å². The van der Waals surface area contributed by atoms with Crippen LogP contribution in [-0.2, 0) is 0 Å². The summed E-state index contributed by atoms with van der Waals surface area (Å²) in [5, 5.41) is 15.8. The third kappa shape index (κ3) is 3.14. The number of nitrogens with zero attached hydrogens (tertiary/aromatic N) is 1. The van der Waals surface area contributed by atoms with Crippen LogP contribution in [0.3, 0.4) is 0 Å². The van der Waals surface area contributed by atoms with Gasteiger partial charge in [-0.15, -0.1) is 11.3 Å². The maximum Gasteiger partial charge on any atom is 0.251 e. The molecule has 4 nitrogen and oxygen atoms in total. The van der Waals surface area contributed by atoms with Crippen molar-refractivity contribution in [3.05, 3.63) is 40.2 Å². The molecule has 5 heteroatoms. The van der Waals surface area contributed by atoms with Crippen LogP contribution in [0.1, 0.15) is 34.6 Å². The normalized spacial score (nSPS) is 16.3. The predicted molar refractivity (Wildman–Crippen MR) is 83.4 cm³/mol. The van der Waals surface area contributed by atoms with E-state index in [1.54, 1.807) is 17.4 Å². The molecule has 0 atom stereocenters. The maximum absolute atomic E-state index is 12.2. The Morgan fingerprint density at radius 1 is 1.48 bits per heavy atom. The average Bonchev–Trinajstić information content (AvgIpc) is 2.89. The number of carbonyl (C=O) groups is 1. The first-order chi connectivity index (χ1) is 10.1. The van der Waals surface area contributed by atoms with Crippen LogP contribution >= 0.6 is 11.3 Å². The number of aliphatic hydroxyl groups is 1. The summed E-state index contributed by atoms with van der Waals surface area (Å²) in [4.78, 5) is 16.6. The van der Waals surface area contributed by atoms with Gasteiger partial charge in [-0.3, -0.25) is 4.79 Å². The molecule has 1 fully saturated rings. The number of hydrogen-bond donors (Lipinski definition) is 2. The molecule has 1 saturated carbocycles. The summed E-state index contributed by atoms with van der Waals surface area (Å²) in [6.07, 6.45) is 2.57. The van der Waals surface area contributed by atoms with E-state index in [-0.39, 0.29) is 5.91 Å². The number of hydrogen-bond acceptors (Lipinski definition) is 4. The molecule has 21 heavy (non-hydrogen) atoms. The molecule has 110 valence electrons. The molecule has 0 spiro atoms. The van der Waals surface area contributed by atoms with Gasteiger partial charge in [-0.05, 0) is 38.3 Å². The summed E-state index contributed by atoms with van der Waals surface area (Å²) in [5.41, 5.74) is 1.74. The lowest BCUT2D eigenvalue weighted by Gasteiger charge is -2.36. The van der Waals surface area contributed by atoms with Gasteiger partial charge in [0.25, 0.3) is 5.91 Å². The number of aryl methyl sites for hydroxylation is 1. The van der Waals surface area contributed by atoms with Crippen LogP contribution in [0.2, 0.25) is 0 Å². The second kappa shape index (κ2) is 5.58. The summed E-state index contributed by atoms with van der Waals surface area (Å²) in [5.74, 6) is -0.149. The number of nitrogens with one attached hydrogen (secondary N) is 1. The molecule has 1 aliphatic carbocycles. The van der Waals surface area contributed by atoms with Crippen molar-refractivity contribution in [2.24, 2.45) is 0 Å². The van der Waals surface area contributed by atoms with Gasteiger partial charge in [-0.2, -0.15) is 0 Å². The van der Waals surface area contributed by atoms with Crippen LogP contribution < -0.4 is 5.32 Å². The highest BCUT2D eigenvalue weighted by Gasteiger charge is 2.34. The third-order valence-electron chi connectivity index (χ3n) is 3.90. The molecule has 1 heterocycles. The lowest BCUT2D eigenvalue weighted by atomic mass is 9.80. The molecular formula is C16H18N2O2S. The highest BCUT2D eigenvalue weighted by molar-refractivity contribution is 7.09. The van der Waals surface area contributed by atoms with Gasteiger partial charge in [0, 0.05) is 23.1 Å². The lowest BCUT2D eigenvalue weighted by molar-refractivity contribution is -0.0300. The number of carbonyl (C=O) groups excluding carboxylic acids is 1. The first kappa shape index (κ1) is 14.2. The van der Waals surface area contributed by atoms with Crippen molar-refractivity contribution in [3.63, 3.8) is 0 Å². The number of rotatable bonds is 4. The van der Waals surface area contributed by atoms with Gasteiger partial charge in [-0.25, -0.2) is 4.98 Å². The fourth-order valence-electron chi connectivity index (χ4n) is 2.42. The number of amides is 1. The highest BCUT2D eigenvalue weighted by atomic mass is 32.1. The van der Waals surface area contributed by atoms with Gasteiger partial charge in [0.1, 0.15) is 0 Å². The molecule has 0 unspecified atom stereocenters. The monoisotopic (exact) mass is 302 g/mol. The molecule has 2 N–H and O–H groups in total. The van der Waals surface area contributed by atoms with Crippen molar-refractivity contribution >= 4 is 17.2 Å².